The predicted octanol–water partition coefficient (Wildman–Crippen LogP) is 3.09. The van der Waals surface area contributed by atoms with Gasteiger partial charge in [0.2, 0.25) is 0 Å². The Morgan fingerprint density at radius 1 is 1.33 bits per heavy atom. The summed E-state index contributed by atoms with van der Waals surface area (Å²) in [5, 5.41) is 3.64. The second-order valence-corrected chi connectivity index (χ2v) is 6.61. The lowest BCUT2D eigenvalue weighted by atomic mass is 9.78. The summed E-state index contributed by atoms with van der Waals surface area (Å²) in [5.41, 5.74) is 7.87. The van der Waals surface area contributed by atoms with Crippen LogP contribution in [0.2, 0.25) is 0 Å². The van der Waals surface area contributed by atoms with Gasteiger partial charge in [0.15, 0.2) is 0 Å². The third kappa shape index (κ3) is 1.54. The van der Waals surface area contributed by atoms with Crippen molar-refractivity contribution in [2.45, 2.75) is 43.4 Å². The van der Waals surface area contributed by atoms with Gasteiger partial charge in [-0.1, -0.05) is 18.2 Å². The minimum atomic E-state index is -0.132. The highest BCUT2D eigenvalue weighted by Gasteiger charge is 2.49. The molecule has 2 bridgehead atoms. The predicted molar refractivity (Wildman–Crippen MR) is 75.0 cm³/mol. The maximum atomic E-state index is 6.61. The lowest BCUT2D eigenvalue weighted by Crippen LogP contribution is -2.50. The van der Waals surface area contributed by atoms with Crippen LogP contribution in [-0.4, -0.2) is 17.7 Å². The molecule has 18 heavy (non-hydrogen) atoms. The van der Waals surface area contributed by atoms with Gasteiger partial charge in [-0.2, -0.15) is 0 Å². The molecule has 94 valence electrons. The summed E-state index contributed by atoms with van der Waals surface area (Å²) >= 11 is 1.82. The van der Waals surface area contributed by atoms with Crippen LogP contribution in [0.5, 0.6) is 0 Å². The molecule has 0 radical (unpaired) electrons. The van der Waals surface area contributed by atoms with Crippen LogP contribution in [-0.2, 0) is 11.2 Å². The number of hydrogen-bond donors (Lipinski definition) is 1. The fourth-order valence-electron chi connectivity index (χ4n) is 3.54. The first kappa shape index (κ1) is 11.0. The van der Waals surface area contributed by atoms with Crippen molar-refractivity contribution in [3.63, 3.8) is 0 Å². The summed E-state index contributed by atoms with van der Waals surface area (Å²) < 4.78 is 7.29. The van der Waals surface area contributed by atoms with Gasteiger partial charge in [0.25, 0.3) is 0 Å². The fraction of sp³-hybridized carbons (Fsp3) is 0.467. The number of rotatable bonds is 2. The van der Waals surface area contributed by atoms with Crippen molar-refractivity contribution in [1.29, 1.82) is 0 Å². The molecule has 2 nitrogen and oxygen atoms in total. The number of ether oxygens (including phenoxy) is 1. The van der Waals surface area contributed by atoms with Crippen molar-refractivity contribution in [2.24, 2.45) is 5.73 Å². The summed E-state index contributed by atoms with van der Waals surface area (Å²) in [5.74, 6) is 0. The van der Waals surface area contributed by atoms with Crippen molar-refractivity contribution >= 4 is 21.4 Å². The largest absolute Gasteiger partial charge is 0.373 e. The van der Waals surface area contributed by atoms with Crippen LogP contribution in [0.1, 0.15) is 24.8 Å². The molecule has 3 heteroatoms. The van der Waals surface area contributed by atoms with Gasteiger partial charge < -0.3 is 10.5 Å². The van der Waals surface area contributed by atoms with Crippen LogP contribution in [0.15, 0.2) is 29.6 Å². The van der Waals surface area contributed by atoms with Crippen molar-refractivity contribution < 1.29 is 4.74 Å². The van der Waals surface area contributed by atoms with Gasteiger partial charge in [-0.25, -0.2) is 0 Å². The molecule has 4 rings (SSSR count). The van der Waals surface area contributed by atoms with Crippen molar-refractivity contribution in [2.75, 3.05) is 0 Å². The van der Waals surface area contributed by atoms with E-state index in [0.29, 0.717) is 6.10 Å². The smallest absolute Gasteiger partial charge is 0.0763 e. The van der Waals surface area contributed by atoms with E-state index in [1.807, 2.05) is 11.3 Å². The quantitative estimate of drug-likeness (QED) is 0.899. The molecule has 3 atom stereocenters. The van der Waals surface area contributed by atoms with Gasteiger partial charge >= 0.3 is 0 Å². The van der Waals surface area contributed by atoms with E-state index in [4.69, 9.17) is 10.5 Å². The number of fused-ring (bicyclic) bond motifs is 3. The Morgan fingerprint density at radius 3 is 3.00 bits per heavy atom. The molecule has 2 aliphatic rings. The van der Waals surface area contributed by atoms with Crippen LogP contribution in [0.3, 0.4) is 0 Å². The van der Waals surface area contributed by atoms with Crippen molar-refractivity contribution in [3.05, 3.63) is 35.2 Å². The number of hydrogen-bond acceptors (Lipinski definition) is 3. The van der Waals surface area contributed by atoms with E-state index in [1.165, 1.54) is 22.1 Å². The molecule has 1 aromatic carbocycles. The highest BCUT2D eigenvalue weighted by Crippen LogP contribution is 2.43. The zero-order valence-electron chi connectivity index (χ0n) is 10.3. The normalized spacial score (nSPS) is 34.5. The van der Waals surface area contributed by atoms with Crippen molar-refractivity contribution in [3.8, 4) is 0 Å². The van der Waals surface area contributed by atoms with E-state index in [9.17, 15) is 0 Å². The third-order valence-corrected chi connectivity index (χ3v) is 5.45. The monoisotopic (exact) mass is 259 g/mol. The Bertz CT molecular complexity index is 593. The van der Waals surface area contributed by atoms with E-state index in [-0.39, 0.29) is 11.6 Å². The van der Waals surface area contributed by atoms with E-state index >= 15 is 0 Å². The van der Waals surface area contributed by atoms with Gasteiger partial charge in [-0.3, -0.25) is 0 Å². The summed E-state index contributed by atoms with van der Waals surface area (Å²) in [6, 6.07) is 8.60. The lowest BCUT2D eigenvalue weighted by molar-refractivity contribution is 0.0857. The first-order valence-corrected chi connectivity index (χ1v) is 7.52. The molecule has 2 aromatic rings. The van der Waals surface area contributed by atoms with Crippen LogP contribution in [0.25, 0.3) is 10.1 Å². The zero-order valence-corrected chi connectivity index (χ0v) is 11.1. The maximum Gasteiger partial charge on any atom is 0.0763 e. The molecular weight excluding hydrogens is 242 g/mol. The molecule has 2 saturated heterocycles. The molecule has 0 aliphatic carbocycles. The molecule has 3 heterocycles. The summed E-state index contributed by atoms with van der Waals surface area (Å²) in [7, 11) is 0. The molecular formula is C15H17NOS. The van der Waals surface area contributed by atoms with E-state index < -0.39 is 0 Å². The molecule has 0 amide bonds. The second kappa shape index (κ2) is 3.80. The van der Waals surface area contributed by atoms with Crippen LogP contribution < -0.4 is 5.73 Å². The number of benzene rings is 1. The Hall–Kier alpha value is -0.900. The lowest BCUT2D eigenvalue weighted by Gasteiger charge is -2.31. The Balaban J connectivity index is 1.68. The van der Waals surface area contributed by atoms with E-state index in [2.05, 4.69) is 29.6 Å². The molecule has 1 aromatic heterocycles. The van der Waals surface area contributed by atoms with Gasteiger partial charge in [-0.05, 0) is 48.1 Å². The Labute approximate surface area is 111 Å². The fourth-order valence-corrected chi connectivity index (χ4v) is 4.51. The van der Waals surface area contributed by atoms with Crippen LogP contribution in [0.4, 0.5) is 0 Å². The van der Waals surface area contributed by atoms with Crippen LogP contribution >= 0.6 is 11.3 Å². The van der Waals surface area contributed by atoms with E-state index in [0.717, 1.165) is 19.3 Å². The average molecular weight is 259 g/mol. The van der Waals surface area contributed by atoms with Gasteiger partial charge in [0.05, 0.1) is 12.2 Å². The summed E-state index contributed by atoms with van der Waals surface area (Å²) in [6.07, 6.45) is 5.03. The SMILES string of the molecule is NC1(Cc2csc3ccccc23)CC2CCC1O2. The summed E-state index contributed by atoms with van der Waals surface area (Å²) in [6.45, 7) is 0. The minimum Gasteiger partial charge on any atom is -0.373 e. The molecule has 2 N–H and O–H groups in total. The van der Waals surface area contributed by atoms with Crippen molar-refractivity contribution in [1.82, 2.24) is 0 Å². The first-order chi connectivity index (χ1) is 8.74. The Morgan fingerprint density at radius 2 is 2.22 bits per heavy atom. The highest BCUT2D eigenvalue weighted by atomic mass is 32.1. The molecule has 3 unspecified atom stereocenters. The highest BCUT2D eigenvalue weighted by molar-refractivity contribution is 7.17. The number of nitrogens with two attached hydrogens (primary N) is 1. The van der Waals surface area contributed by atoms with E-state index in [1.54, 1.807) is 0 Å². The Kier molecular flexibility index (Phi) is 2.31. The standard InChI is InChI=1S/C15H17NOS/c16-15(8-11-5-6-14(15)17-11)7-10-9-18-13-4-2-1-3-12(10)13/h1-4,9,11,14H,5-8,16H2. The van der Waals surface area contributed by atoms with Crippen LogP contribution in [0, 0.1) is 0 Å². The number of thiophene rings is 1. The second-order valence-electron chi connectivity index (χ2n) is 5.70. The zero-order chi connectivity index (χ0) is 12.2. The van der Waals surface area contributed by atoms with Gasteiger partial charge in [-0.15, -0.1) is 11.3 Å². The summed E-state index contributed by atoms with van der Waals surface area (Å²) in [4.78, 5) is 0. The van der Waals surface area contributed by atoms with Gasteiger partial charge in [0, 0.05) is 10.2 Å². The molecule has 0 spiro atoms. The molecule has 2 fully saturated rings. The topological polar surface area (TPSA) is 35.2 Å². The third-order valence-electron chi connectivity index (χ3n) is 4.44. The maximum absolute atomic E-state index is 6.61. The molecule has 2 aliphatic heterocycles. The average Bonchev–Trinajstić information content (AvgIpc) is 3.04. The first-order valence-electron chi connectivity index (χ1n) is 6.64. The minimum absolute atomic E-state index is 0.132. The van der Waals surface area contributed by atoms with Gasteiger partial charge in [0.1, 0.15) is 0 Å². The molecule has 0 saturated carbocycles.